The molecule has 0 radical (unpaired) electrons. The van der Waals surface area contributed by atoms with Gasteiger partial charge in [0.2, 0.25) is 0 Å². The van der Waals surface area contributed by atoms with Gasteiger partial charge in [-0.25, -0.2) is 4.79 Å². The number of carbonyl (C=O) groups excluding carboxylic acids is 2. The van der Waals surface area contributed by atoms with Crippen molar-refractivity contribution < 1.29 is 14.0 Å². The van der Waals surface area contributed by atoms with Crippen LogP contribution in [0.4, 0.5) is 4.79 Å². The van der Waals surface area contributed by atoms with Crippen LogP contribution in [-0.2, 0) is 11.3 Å². The first-order valence-electron chi connectivity index (χ1n) is 8.04. The molecule has 134 valence electrons. The zero-order chi connectivity index (χ0) is 19.0. The standard InChI is InChI=1S/C20H12BrNO4S/c21-15-6-3-4-12(8-15)11-22-18(23)17(27-20(22)25)10-14-9-13-5-1-2-7-16(13)26-19(14)24/h1-10H,11H2/b17-10+. The molecule has 4 rings (SSSR count). The summed E-state index contributed by atoms with van der Waals surface area (Å²) < 4.78 is 6.15. The molecule has 2 aromatic carbocycles. The first-order valence-corrected chi connectivity index (χ1v) is 9.65. The van der Waals surface area contributed by atoms with E-state index in [-0.39, 0.29) is 22.3 Å². The molecule has 1 fully saturated rings. The zero-order valence-electron chi connectivity index (χ0n) is 13.8. The van der Waals surface area contributed by atoms with Crippen LogP contribution in [0.2, 0.25) is 0 Å². The molecule has 0 spiro atoms. The van der Waals surface area contributed by atoms with Crippen molar-refractivity contribution in [3.05, 3.63) is 85.5 Å². The lowest BCUT2D eigenvalue weighted by Gasteiger charge is -2.12. The minimum absolute atomic E-state index is 0.174. The first-order chi connectivity index (χ1) is 13.0. The molecule has 5 nitrogen and oxygen atoms in total. The van der Waals surface area contributed by atoms with Gasteiger partial charge in [0.05, 0.1) is 17.0 Å². The van der Waals surface area contributed by atoms with E-state index in [1.807, 2.05) is 36.4 Å². The molecule has 2 amide bonds. The molecule has 0 saturated carbocycles. The molecule has 1 aliphatic rings. The third-order valence-corrected chi connectivity index (χ3v) is 5.46. The summed E-state index contributed by atoms with van der Waals surface area (Å²) in [6.07, 6.45) is 1.42. The molecule has 1 aliphatic heterocycles. The van der Waals surface area contributed by atoms with Crippen LogP contribution in [0.1, 0.15) is 11.1 Å². The number of hydrogen-bond donors (Lipinski definition) is 0. The first kappa shape index (κ1) is 17.8. The van der Waals surface area contributed by atoms with Gasteiger partial charge in [-0.05, 0) is 47.7 Å². The summed E-state index contributed by atoms with van der Waals surface area (Å²) in [4.78, 5) is 38.5. The summed E-state index contributed by atoms with van der Waals surface area (Å²) in [5.41, 5.74) is 0.995. The van der Waals surface area contributed by atoms with Gasteiger partial charge in [0.25, 0.3) is 11.1 Å². The number of carbonyl (C=O) groups is 2. The Bertz CT molecular complexity index is 1170. The second-order valence-corrected chi connectivity index (χ2v) is 7.83. The Labute approximate surface area is 166 Å². The monoisotopic (exact) mass is 441 g/mol. The molecule has 0 unspecified atom stereocenters. The Kier molecular flexibility index (Phi) is 4.72. The van der Waals surface area contributed by atoms with Crippen molar-refractivity contribution in [2.75, 3.05) is 0 Å². The predicted molar refractivity (Wildman–Crippen MR) is 108 cm³/mol. The second-order valence-electron chi connectivity index (χ2n) is 5.92. The van der Waals surface area contributed by atoms with E-state index in [9.17, 15) is 14.4 Å². The molecular weight excluding hydrogens is 430 g/mol. The van der Waals surface area contributed by atoms with E-state index in [4.69, 9.17) is 4.42 Å². The molecule has 7 heteroatoms. The van der Waals surface area contributed by atoms with Crippen molar-refractivity contribution in [2.24, 2.45) is 0 Å². The summed E-state index contributed by atoms with van der Waals surface area (Å²) in [5.74, 6) is -0.419. The quantitative estimate of drug-likeness (QED) is 0.431. The average molecular weight is 442 g/mol. The molecule has 0 bridgehead atoms. The summed E-state index contributed by atoms with van der Waals surface area (Å²) in [5, 5.41) is 0.383. The Morgan fingerprint density at radius 2 is 1.85 bits per heavy atom. The number of amides is 2. The summed E-state index contributed by atoms with van der Waals surface area (Å²) in [7, 11) is 0. The number of para-hydroxylation sites is 1. The molecule has 1 aromatic heterocycles. The van der Waals surface area contributed by atoms with Crippen LogP contribution in [0.3, 0.4) is 0 Å². The van der Waals surface area contributed by atoms with Crippen LogP contribution in [0.15, 0.2) is 73.2 Å². The van der Waals surface area contributed by atoms with Gasteiger partial charge in [-0.3, -0.25) is 14.5 Å². The van der Waals surface area contributed by atoms with Gasteiger partial charge in [-0.1, -0.05) is 46.3 Å². The topological polar surface area (TPSA) is 67.6 Å². The van der Waals surface area contributed by atoms with E-state index in [2.05, 4.69) is 15.9 Å². The Morgan fingerprint density at radius 1 is 1.04 bits per heavy atom. The SMILES string of the molecule is O=C1S/C(=C/c2cc3ccccc3oc2=O)C(=O)N1Cc1cccc(Br)c1. The van der Waals surface area contributed by atoms with Gasteiger partial charge in [-0.15, -0.1) is 0 Å². The summed E-state index contributed by atoms with van der Waals surface area (Å²) in [6, 6.07) is 16.2. The maximum Gasteiger partial charge on any atom is 0.343 e. The van der Waals surface area contributed by atoms with Crippen molar-refractivity contribution in [1.29, 1.82) is 0 Å². The highest BCUT2D eigenvalue weighted by Crippen LogP contribution is 2.33. The molecule has 2 heterocycles. The Morgan fingerprint density at radius 3 is 2.67 bits per heavy atom. The van der Waals surface area contributed by atoms with Crippen molar-refractivity contribution in [1.82, 2.24) is 4.90 Å². The second kappa shape index (κ2) is 7.17. The van der Waals surface area contributed by atoms with E-state index in [0.29, 0.717) is 5.58 Å². The lowest BCUT2D eigenvalue weighted by molar-refractivity contribution is -0.123. The lowest BCUT2D eigenvalue weighted by atomic mass is 10.1. The van der Waals surface area contributed by atoms with Crippen LogP contribution >= 0.6 is 27.7 Å². The molecule has 0 aliphatic carbocycles. The summed E-state index contributed by atoms with van der Waals surface area (Å²) >= 11 is 4.20. The van der Waals surface area contributed by atoms with Crippen molar-refractivity contribution in [3.63, 3.8) is 0 Å². The Balaban J connectivity index is 1.65. The number of nitrogens with zero attached hydrogens (tertiary/aromatic N) is 1. The summed E-state index contributed by atoms with van der Waals surface area (Å²) in [6.45, 7) is 0.174. The van der Waals surface area contributed by atoms with Crippen molar-refractivity contribution in [3.8, 4) is 0 Å². The highest BCUT2D eigenvalue weighted by molar-refractivity contribution is 9.10. The fourth-order valence-corrected chi connectivity index (χ4v) is 4.05. The van der Waals surface area contributed by atoms with Gasteiger partial charge in [0, 0.05) is 9.86 Å². The van der Waals surface area contributed by atoms with Crippen molar-refractivity contribution >= 4 is 55.9 Å². The minimum Gasteiger partial charge on any atom is -0.422 e. The normalized spacial score (nSPS) is 15.9. The zero-order valence-corrected chi connectivity index (χ0v) is 16.2. The molecule has 27 heavy (non-hydrogen) atoms. The van der Waals surface area contributed by atoms with Crippen LogP contribution in [-0.4, -0.2) is 16.0 Å². The third kappa shape index (κ3) is 3.61. The maximum absolute atomic E-state index is 12.7. The highest BCUT2D eigenvalue weighted by atomic mass is 79.9. The number of thioether (sulfide) groups is 1. The van der Waals surface area contributed by atoms with Crippen LogP contribution in [0.5, 0.6) is 0 Å². The van der Waals surface area contributed by atoms with Gasteiger partial charge in [-0.2, -0.15) is 0 Å². The highest BCUT2D eigenvalue weighted by Gasteiger charge is 2.35. The van der Waals surface area contributed by atoms with Gasteiger partial charge >= 0.3 is 5.63 Å². The van der Waals surface area contributed by atoms with Crippen molar-refractivity contribution in [2.45, 2.75) is 6.54 Å². The third-order valence-electron chi connectivity index (χ3n) is 4.06. The molecule has 1 saturated heterocycles. The number of rotatable bonds is 3. The molecule has 3 aromatic rings. The van der Waals surface area contributed by atoms with Gasteiger partial charge in [0.1, 0.15) is 5.58 Å². The van der Waals surface area contributed by atoms with Crippen LogP contribution in [0.25, 0.3) is 17.0 Å². The largest absolute Gasteiger partial charge is 0.422 e. The van der Waals surface area contributed by atoms with Gasteiger partial charge in [0.15, 0.2) is 0 Å². The van der Waals surface area contributed by atoms with E-state index >= 15 is 0 Å². The Hall–Kier alpha value is -2.64. The minimum atomic E-state index is -0.549. The molecule has 0 N–H and O–H groups in total. The van der Waals surface area contributed by atoms with E-state index < -0.39 is 11.5 Å². The van der Waals surface area contributed by atoms with E-state index in [1.165, 1.54) is 11.0 Å². The maximum atomic E-state index is 12.7. The number of halogens is 1. The van der Waals surface area contributed by atoms with E-state index in [1.54, 1.807) is 18.2 Å². The van der Waals surface area contributed by atoms with Crippen LogP contribution in [0, 0.1) is 0 Å². The molecular formula is C20H12BrNO4S. The molecule has 0 atom stereocenters. The van der Waals surface area contributed by atoms with Crippen LogP contribution < -0.4 is 5.63 Å². The number of fused-ring (bicyclic) bond motifs is 1. The fourth-order valence-electron chi connectivity index (χ4n) is 2.77. The van der Waals surface area contributed by atoms with Gasteiger partial charge < -0.3 is 4.42 Å². The lowest BCUT2D eigenvalue weighted by Crippen LogP contribution is -2.27. The smallest absolute Gasteiger partial charge is 0.343 e. The number of imide groups is 1. The number of hydrogen-bond acceptors (Lipinski definition) is 5. The fraction of sp³-hybridized carbons (Fsp3) is 0.0500. The predicted octanol–water partition coefficient (Wildman–Crippen LogP) is 4.79. The number of benzene rings is 2. The average Bonchev–Trinajstić information content (AvgIpc) is 2.90. The van der Waals surface area contributed by atoms with E-state index in [0.717, 1.165) is 27.2 Å².